The third kappa shape index (κ3) is 0.736. The Balaban J connectivity index is 2.08. The minimum Gasteiger partial charge on any atom is -0.481 e. The molecule has 10 heavy (non-hydrogen) atoms. The summed E-state index contributed by atoms with van der Waals surface area (Å²) in [6, 6.07) is 0.506. The summed E-state index contributed by atoms with van der Waals surface area (Å²) < 4.78 is 0. The largest absolute Gasteiger partial charge is 0.481 e. The Morgan fingerprint density at radius 3 is 2.60 bits per heavy atom. The minimum absolute atomic E-state index is 0.0498. The molecule has 2 N–H and O–H groups in total. The summed E-state index contributed by atoms with van der Waals surface area (Å²) in [5.74, 6) is -0.234. The first-order valence-corrected chi connectivity index (χ1v) is 3.73. The van der Waals surface area contributed by atoms with Gasteiger partial charge in [0.1, 0.15) is 0 Å². The van der Waals surface area contributed by atoms with Crippen LogP contribution in [0.1, 0.15) is 12.8 Å². The molecule has 0 aromatic heterocycles. The molecule has 1 saturated heterocycles. The lowest BCUT2D eigenvalue weighted by Gasteiger charge is -2.17. The van der Waals surface area contributed by atoms with E-state index in [4.69, 9.17) is 5.11 Å². The van der Waals surface area contributed by atoms with Crippen LogP contribution in [-0.4, -0.2) is 23.7 Å². The maximum atomic E-state index is 10.6. The monoisotopic (exact) mass is 141 g/mol. The highest BCUT2D eigenvalue weighted by Crippen LogP contribution is 2.36. The molecule has 0 aromatic carbocycles. The number of hydrogen-bond donors (Lipinski definition) is 2. The zero-order valence-corrected chi connectivity index (χ0v) is 5.71. The second kappa shape index (κ2) is 1.95. The van der Waals surface area contributed by atoms with Gasteiger partial charge in [-0.2, -0.15) is 0 Å². The Morgan fingerprint density at radius 2 is 2.30 bits per heavy atom. The molecule has 1 heterocycles. The molecule has 56 valence electrons. The number of aliphatic carboxylic acids is 1. The number of carboxylic acids is 1. The first-order chi connectivity index (χ1) is 4.77. The molecule has 3 heteroatoms. The molecule has 1 saturated carbocycles. The number of fused-ring (bicyclic) bond motifs is 2. The number of rotatable bonds is 1. The van der Waals surface area contributed by atoms with Crippen LogP contribution in [0, 0.1) is 11.8 Å². The van der Waals surface area contributed by atoms with Crippen molar-refractivity contribution in [3.63, 3.8) is 0 Å². The summed E-state index contributed by atoms with van der Waals surface area (Å²) in [6.07, 6.45) is 1.93. The van der Waals surface area contributed by atoms with E-state index in [1.807, 2.05) is 0 Å². The summed E-state index contributed by atoms with van der Waals surface area (Å²) in [6.45, 7) is 0.918. The standard InChI is InChI=1S/C7H11NO2/c9-7(10)6-2-5-1-4(6)3-8-5/h4-6,8H,1-3H2,(H,9,10)/t4-,5+,6+/m0/s1. The summed E-state index contributed by atoms with van der Waals surface area (Å²) >= 11 is 0. The van der Waals surface area contributed by atoms with Crippen molar-refractivity contribution in [2.45, 2.75) is 18.9 Å². The lowest BCUT2D eigenvalue weighted by Crippen LogP contribution is -2.33. The van der Waals surface area contributed by atoms with Crippen molar-refractivity contribution in [2.75, 3.05) is 6.54 Å². The van der Waals surface area contributed by atoms with Gasteiger partial charge < -0.3 is 10.4 Å². The van der Waals surface area contributed by atoms with Gasteiger partial charge in [-0.15, -0.1) is 0 Å². The van der Waals surface area contributed by atoms with Gasteiger partial charge in [-0.05, 0) is 25.3 Å². The molecule has 0 aromatic rings. The van der Waals surface area contributed by atoms with Crippen LogP contribution >= 0.6 is 0 Å². The van der Waals surface area contributed by atoms with Crippen molar-refractivity contribution < 1.29 is 9.90 Å². The van der Waals surface area contributed by atoms with Crippen LogP contribution in [0.3, 0.4) is 0 Å². The van der Waals surface area contributed by atoms with E-state index in [9.17, 15) is 4.79 Å². The van der Waals surface area contributed by atoms with E-state index in [0.29, 0.717) is 12.0 Å². The Labute approximate surface area is 59.4 Å². The zero-order valence-electron chi connectivity index (χ0n) is 5.71. The highest BCUT2D eigenvalue weighted by atomic mass is 16.4. The topological polar surface area (TPSA) is 49.3 Å². The number of carbonyl (C=O) groups is 1. The third-order valence-electron chi connectivity index (χ3n) is 2.68. The molecule has 2 bridgehead atoms. The Kier molecular flexibility index (Phi) is 1.20. The van der Waals surface area contributed by atoms with Crippen LogP contribution in [0.4, 0.5) is 0 Å². The lowest BCUT2D eigenvalue weighted by atomic mass is 9.96. The van der Waals surface area contributed by atoms with Crippen molar-refractivity contribution in [3.05, 3.63) is 0 Å². The summed E-state index contributed by atoms with van der Waals surface area (Å²) in [4.78, 5) is 10.6. The average molecular weight is 141 g/mol. The fourth-order valence-electron chi connectivity index (χ4n) is 2.14. The van der Waals surface area contributed by atoms with Crippen molar-refractivity contribution in [1.82, 2.24) is 5.32 Å². The molecule has 0 radical (unpaired) electrons. The molecule has 0 amide bonds. The van der Waals surface area contributed by atoms with Gasteiger partial charge in [0, 0.05) is 6.04 Å². The van der Waals surface area contributed by atoms with Gasteiger partial charge >= 0.3 is 5.97 Å². The van der Waals surface area contributed by atoms with Crippen molar-refractivity contribution in [2.24, 2.45) is 11.8 Å². The van der Waals surface area contributed by atoms with Crippen LogP contribution in [0.2, 0.25) is 0 Å². The van der Waals surface area contributed by atoms with E-state index < -0.39 is 5.97 Å². The van der Waals surface area contributed by atoms with Gasteiger partial charge in [0.05, 0.1) is 5.92 Å². The maximum absolute atomic E-state index is 10.6. The van der Waals surface area contributed by atoms with Crippen LogP contribution < -0.4 is 5.32 Å². The second-order valence-electron chi connectivity index (χ2n) is 3.28. The maximum Gasteiger partial charge on any atom is 0.306 e. The summed E-state index contributed by atoms with van der Waals surface area (Å²) in [5.41, 5.74) is 0. The van der Waals surface area contributed by atoms with E-state index in [-0.39, 0.29) is 5.92 Å². The van der Waals surface area contributed by atoms with Gasteiger partial charge in [0.15, 0.2) is 0 Å². The Bertz CT molecular complexity index is 169. The highest BCUT2D eigenvalue weighted by Gasteiger charge is 2.42. The normalized spacial score (nSPS) is 44.2. The zero-order chi connectivity index (χ0) is 7.14. The molecule has 0 unspecified atom stereocenters. The minimum atomic E-state index is -0.603. The van der Waals surface area contributed by atoms with Gasteiger partial charge in [-0.1, -0.05) is 0 Å². The summed E-state index contributed by atoms with van der Waals surface area (Å²) in [5, 5.41) is 12.0. The first kappa shape index (κ1) is 6.16. The van der Waals surface area contributed by atoms with Crippen LogP contribution in [0.5, 0.6) is 0 Å². The summed E-state index contributed by atoms with van der Waals surface area (Å²) in [7, 11) is 0. The predicted molar refractivity (Wildman–Crippen MR) is 35.6 cm³/mol. The molecular weight excluding hydrogens is 130 g/mol. The fourth-order valence-corrected chi connectivity index (χ4v) is 2.14. The fraction of sp³-hybridized carbons (Fsp3) is 0.857. The van der Waals surface area contributed by atoms with Crippen molar-refractivity contribution in [1.29, 1.82) is 0 Å². The molecule has 2 fully saturated rings. The van der Waals surface area contributed by atoms with Gasteiger partial charge in [-0.3, -0.25) is 4.79 Å². The molecule has 2 aliphatic rings. The molecule has 2 rings (SSSR count). The van der Waals surface area contributed by atoms with E-state index in [1.165, 1.54) is 0 Å². The molecule has 3 atom stereocenters. The molecular formula is C7H11NO2. The first-order valence-electron chi connectivity index (χ1n) is 3.73. The van der Waals surface area contributed by atoms with Gasteiger partial charge in [0.25, 0.3) is 0 Å². The Morgan fingerprint density at radius 1 is 1.50 bits per heavy atom. The third-order valence-corrected chi connectivity index (χ3v) is 2.68. The molecule has 1 aliphatic heterocycles. The van der Waals surface area contributed by atoms with Crippen LogP contribution in [0.25, 0.3) is 0 Å². The molecule has 3 nitrogen and oxygen atoms in total. The predicted octanol–water partition coefficient (Wildman–Crippen LogP) is 0.0690. The number of hydrogen-bond acceptors (Lipinski definition) is 2. The smallest absolute Gasteiger partial charge is 0.306 e. The van der Waals surface area contributed by atoms with E-state index >= 15 is 0 Å². The van der Waals surface area contributed by atoms with E-state index in [0.717, 1.165) is 19.4 Å². The van der Waals surface area contributed by atoms with E-state index in [1.54, 1.807) is 0 Å². The van der Waals surface area contributed by atoms with Crippen molar-refractivity contribution >= 4 is 5.97 Å². The molecule has 1 aliphatic carbocycles. The van der Waals surface area contributed by atoms with Crippen LogP contribution in [0.15, 0.2) is 0 Å². The number of nitrogens with one attached hydrogen (secondary N) is 1. The quantitative estimate of drug-likeness (QED) is 0.543. The second-order valence-corrected chi connectivity index (χ2v) is 3.28. The SMILES string of the molecule is O=C(O)[C@@H]1C[C@H]2C[C@H]1CN2. The van der Waals surface area contributed by atoms with Crippen molar-refractivity contribution in [3.8, 4) is 0 Å². The highest BCUT2D eigenvalue weighted by molar-refractivity contribution is 5.71. The Hall–Kier alpha value is -0.570. The number of piperidine rings is 1. The van der Waals surface area contributed by atoms with Crippen LogP contribution in [-0.2, 0) is 4.79 Å². The average Bonchev–Trinajstić information content (AvgIpc) is 2.44. The van der Waals surface area contributed by atoms with E-state index in [2.05, 4.69) is 5.32 Å². The number of carboxylic acid groups (broad SMARTS) is 1. The van der Waals surface area contributed by atoms with Gasteiger partial charge in [-0.25, -0.2) is 0 Å². The molecule has 0 spiro atoms. The lowest BCUT2D eigenvalue weighted by molar-refractivity contribution is -0.143. The van der Waals surface area contributed by atoms with Gasteiger partial charge in [0.2, 0.25) is 0 Å².